The summed E-state index contributed by atoms with van der Waals surface area (Å²) >= 11 is 0. The fourth-order valence-corrected chi connectivity index (χ4v) is 2.75. The Bertz CT molecular complexity index is 899. The van der Waals surface area contributed by atoms with Gasteiger partial charge in [-0.1, -0.05) is 6.07 Å². The molecule has 10 heteroatoms. The zero-order valence-corrected chi connectivity index (χ0v) is 14.4. The van der Waals surface area contributed by atoms with Gasteiger partial charge in [0, 0.05) is 12.2 Å². The summed E-state index contributed by atoms with van der Waals surface area (Å²) in [6.45, 7) is 1.86. The molecule has 0 atom stereocenters. The molecule has 0 amide bonds. The van der Waals surface area contributed by atoms with E-state index in [9.17, 15) is 26.0 Å². The van der Waals surface area contributed by atoms with Crippen molar-refractivity contribution in [2.24, 2.45) is 5.14 Å². The number of sulfonamides is 1. The molecule has 0 aliphatic carbocycles. The van der Waals surface area contributed by atoms with Crippen LogP contribution in [0.4, 0.5) is 23.2 Å². The van der Waals surface area contributed by atoms with Gasteiger partial charge in [0.15, 0.2) is 11.6 Å². The zero-order chi connectivity index (χ0) is 19.5. The molecule has 0 aliphatic heterocycles. The molecule has 0 bridgehead atoms. The minimum Gasteiger partial charge on any atom is -0.491 e. The van der Waals surface area contributed by atoms with Crippen molar-refractivity contribution < 1.29 is 30.7 Å². The third-order valence-electron chi connectivity index (χ3n) is 3.40. The average molecular weight is 392 g/mol. The van der Waals surface area contributed by atoms with Crippen molar-refractivity contribution in [3.63, 3.8) is 0 Å². The predicted molar refractivity (Wildman–Crippen MR) is 87.7 cm³/mol. The first-order chi connectivity index (χ1) is 12.0. The highest BCUT2D eigenvalue weighted by atomic mass is 32.2. The summed E-state index contributed by atoms with van der Waals surface area (Å²) in [6, 6.07) is 6.41. The lowest BCUT2D eigenvalue weighted by Crippen LogP contribution is -2.16. The normalized spacial score (nSPS) is 12.1. The molecule has 5 nitrogen and oxygen atoms in total. The Hall–Kier alpha value is -2.33. The summed E-state index contributed by atoms with van der Waals surface area (Å²) in [5, 5.41) is 7.40. The number of hydrogen-bond donors (Lipinski definition) is 2. The Labute approximate surface area is 147 Å². The van der Waals surface area contributed by atoms with Crippen LogP contribution in [0.1, 0.15) is 18.1 Å². The number of ether oxygens (including phenoxy) is 1. The summed E-state index contributed by atoms with van der Waals surface area (Å²) in [7, 11) is -4.28. The molecule has 0 radical (unpaired) electrons. The molecule has 2 aromatic rings. The van der Waals surface area contributed by atoms with Crippen LogP contribution in [0.15, 0.2) is 41.3 Å². The quantitative estimate of drug-likeness (QED) is 0.738. The van der Waals surface area contributed by atoms with Crippen LogP contribution in [-0.2, 0) is 22.7 Å². The van der Waals surface area contributed by atoms with E-state index < -0.39 is 32.5 Å². The van der Waals surface area contributed by atoms with Crippen LogP contribution in [0.2, 0.25) is 0 Å². The predicted octanol–water partition coefficient (Wildman–Crippen LogP) is 3.50. The molecule has 142 valence electrons. The maximum atomic E-state index is 13.8. The molecule has 2 aromatic carbocycles. The van der Waals surface area contributed by atoms with Crippen molar-refractivity contribution >= 4 is 15.7 Å². The SMILES string of the molecule is CCOc1ccc(CNc2ccc(S(N)(=O)=O)cc2C(F)(F)F)cc1F. The van der Waals surface area contributed by atoms with Gasteiger partial charge >= 0.3 is 6.18 Å². The zero-order valence-electron chi connectivity index (χ0n) is 13.6. The van der Waals surface area contributed by atoms with Gasteiger partial charge in [0.1, 0.15) is 0 Å². The minimum atomic E-state index is -4.80. The summed E-state index contributed by atoms with van der Waals surface area (Å²) < 4.78 is 81.0. The summed E-state index contributed by atoms with van der Waals surface area (Å²) in [5.74, 6) is -0.587. The Kier molecular flexibility index (Phi) is 5.77. The van der Waals surface area contributed by atoms with Crippen molar-refractivity contribution in [1.29, 1.82) is 0 Å². The molecule has 0 spiro atoms. The van der Waals surface area contributed by atoms with Crippen molar-refractivity contribution in [3.8, 4) is 5.75 Å². The second-order valence-corrected chi connectivity index (χ2v) is 6.86. The van der Waals surface area contributed by atoms with E-state index in [-0.39, 0.29) is 24.6 Å². The number of alkyl halides is 3. The summed E-state index contributed by atoms with van der Waals surface area (Å²) in [4.78, 5) is -0.650. The molecule has 0 aromatic heterocycles. The number of anilines is 1. The Morgan fingerprint density at radius 3 is 2.38 bits per heavy atom. The summed E-state index contributed by atoms with van der Waals surface area (Å²) in [5.41, 5.74) is -1.15. The number of benzene rings is 2. The second-order valence-electron chi connectivity index (χ2n) is 5.30. The van der Waals surface area contributed by atoms with Crippen LogP contribution >= 0.6 is 0 Å². The van der Waals surface area contributed by atoms with Gasteiger partial charge in [0.2, 0.25) is 10.0 Å². The maximum Gasteiger partial charge on any atom is 0.418 e. The van der Waals surface area contributed by atoms with Gasteiger partial charge in [-0.05, 0) is 42.8 Å². The van der Waals surface area contributed by atoms with Crippen LogP contribution in [0.5, 0.6) is 5.75 Å². The number of nitrogens with two attached hydrogens (primary N) is 1. The Morgan fingerprint density at radius 1 is 1.15 bits per heavy atom. The van der Waals surface area contributed by atoms with Crippen molar-refractivity contribution in [2.75, 3.05) is 11.9 Å². The molecule has 2 rings (SSSR count). The van der Waals surface area contributed by atoms with Crippen LogP contribution in [0, 0.1) is 5.82 Å². The Morgan fingerprint density at radius 2 is 1.85 bits per heavy atom. The molecule has 0 fully saturated rings. The van der Waals surface area contributed by atoms with E-state index in [0.29, 0.717) is 11.6 Å². The van der Waals surface area contributed by atoms with Gasteiger partial charge in [-0.3, -0.25) is 0 Å². The number of hydrogen-bond acceptors (Lipinski definition) is 4. The average Bonchev–Trinajstić information content (AvgIpc) is 2.53. The van der Waals surface area contributed by atoms with Gasteiger partial charge < -0.3 is 10.1 Å². The fraction of sp³-hybridized carbons (Fsp3) is 0.250. The molecule has 0 aliphatic rings. The number of rotatable bonds is 6. The lowest BCUT2D eigenvalue weighted by Gasteiger charge is -2.16. The highest BCUT2D eigenvalue weighted by Gasteiger charge is 2.34. The van der Waals surface area contributed by atoms with Crippen molar-refractivity contribution in [2.45, 2.75) is 24.5 Å². The third kappa shape index (κ3) is 4.85. The van der Waals surface area contributed by atoms with Crippen LogP contribution in [0.3, 0.4) is 0 Å². The number of nitrogens with one attached hydrogen (secondary N) is 1. The highest BCUT2D eigenvalue weighted by molar-refractivity contribution is 7.89. The van der Waals surface area contributed by atoms with Crippen LogP contribution in [-0.4, -0.2) is 15.0 Å². The van der Waals surface area contributed by atoms with E-state index in [1.54, 1.807) is 6.92 Å². The smallest absolute Gasteiger partial charge is 0.418 e. The maximum absolute atomic E-state index is 13.8. The molecule has 3 N–H and O–H groups in total. The van der Waals surface area contributed by atoms with E-state index in [2.05, 4.69) is 5.32 Å². The number of primary sulfonamides is 1. The van der Waals surface area contributed by atoms with Gasteiger partial charge in [-0.25, -0.2) is 17.9 Å². The molecule has 26 heavy (non-hydrogen) atoms. The number of halogens is 4. The van der Waals surface area contributed by atoms with E-state index in [1.165, 1.54) is 12.1 Å². The van der Waals surface area contributed by atoms with E-state index in [1.807, 2.05) is 0 Å². The fourth-order valence-electron chi connectivity index (χ4n) is 2.21. The van der Waals surface area contributed by atoms with Gasteiger partial charge in [-0.2, -0.15) is 13.2 Å². The first kappa shape index (κ1) is 20.0. The topological polar surface area (TPSA) is 81.4 Å². The largest absolute Gasteiger partial charge is 0.491 e. The molecule has 0 unspecified atom stereocenters. The van der Waals surface area contributed by atoms with Crippen molar-refractivity contribution in [1.82, 2.24) is 0 Å². The minimum absolute atomic E-state index is 0.0461. The van der Waals surface area contributed by atoms with Gasteiger partial charge in [0.25, 0.3) is 0 Å². The lowest BCUT2D eigenvalue weighted by atomic mass is 10.1. The van der Waals surface area contributed by atoms with Crippen molar-refractivity contribution in [3.05, 3.63) is 53.3 Å². The third-order valence-corrected chi connectivity index (χ3v) is 4.32. The van der Waals surface area contributed by atoms with E-state index in [4.69, 9.17) is 9.88 Å². The second kappa shape index (κ2) is 7.50. The monoisotopic (exact) mass is 392 g/mol. The van der Waals surface area contributed by atoms with E-state index in [0.717, 1.165) is 18.2 Å². The molecular formula is C16H16F4N2O3S. The first-order valence-corrected chi connectivity index (χ1v) is 8.96. The molecule has 0 saturated heterocycles. The van der Waals surface area contributed by atoms with Gasteiger partial charge in [0.05, 0.1) is 17.1 Å². The first-order valence-electron chi connectivity index (χ1n) is 7.41. The molecule has 0 saturated carbocycles. The highest BCUT2D eigenvalue weighted by Crippen LogP contribution is 2.36. The van der Waals surface area contributed by atoms with Crippen LogP contribution < -0.4 is 15.2 Å². The lowest BCUT2D eigenvalue weighted by molar-refractivity contribution is -0.137. The standard InChI is InChI=1S/C16H16F4N2O3S/c1-2-25-15-6-3-10(7-13(15)17)9-22-14-5-4-11(26(21,23)24)8-12(14)16(18,19)20/h3-8,22H,2,9H2,1H3,(H2,21,23,24). The van der Waals surface area contributed by atoms with E-state index >= 15 is 0 Å². The molecular weight excluding hydrogens is 376 g/mol. The summed E-state index contributed by atoms with van der Waals surface area (Å²) in [6.07, 6.45) is -4.80. The van der Waals surface area contributed by atoms with Crippen LogP contribution in [0.25, 0.3) is 0 Å². The van der Waals surface area contributed by atoms with Gasteiger partial charge in [-0.15, -0.1) is 0 Å². The molecule has 0 heterocycles. The Balaban J connectivity index is 2.28.